The van der Waals surface area contributed by atoms with Gasteiger partial charge < -0.3 is 10.6 Å². The first kappa shape index (κ1) is 16.6. The van der Waals surface area contributed by atoms with Gasteiger partial charge in [-0.1, -0.05) is 30.3 Å². The van der Waals surface area contributed by atoms with Crippen LogP contribution in [0.25, 0.3) is 0 Å². The number of nitrogens with zero attached hydrogens (tertiary/aromatic N) is 1. The predicted octanol–water partition coefficient (Wildman–Crippen LogP) is 2.62. The molecule has 1 aromatic rings. The number of hydrogen-bond donors (Lipinski definition) is 1. The quantitative estimate of drug-likeness (QED) is 0.835. The van der Waals surface area contributed by atoms with Crippen LogP contribution >= 0.6 is 0 Å². The Morgan fingerprint density at radius 3 is 1.94 bits per heavy atom. The third kappa shape index (κ3) is 7.07. The highest BCUT2D eigenvalue weighted by atomic mass is 16.1. The van der Waals surface area contributed by atoms with Gasteiger partial charge in [-0.15, -0.1) is 0 Å². The monoisotopic (exact) mass is 250 g/mol. The van der Waals surface area contributed by atoms with E-state index in [4.69, 9.17) is 0 Å². The number of carbonyl (C=O) groups is 1. The zero-order valence-electron chi connectivity index (χ0n) is 11.8. The summed E-state index contributed by atoms with van der Waals surface area (Å²) in [5.41, 5.74) is 6.03. The first-order chi connectivity index (χ1) is 8.81. The van der Waals surface area contributed by atoms with Crippen molar-refractivity contribution < 1.29 is 4.79 Å². The SMILES string of the molecule is CCN(C=O)CC.CN.c1ccc(C2CC2)cc1. The fraction of sp³-hybridized carbons (Fsp3) is 0.533. The average molecular weight is 250 g/mol. The molecule has 18 heavy (non-hydrogen) atoms. The van der Waals surface area contributed by atoms with E-state index in [0.29, 0.717) is 0 Å². The van der Waals surface area contributed by atoms with Gasteiger partial charge in [0, 0.05) is 13.1 Å². The summed E-state index contributed by atoms with van der Waals surface area (Å²) in [6.45, 7) is 5.55. The number of benzene rings is 1. The Morgan fingerprint density at radius 1 is 1.17 bits per heavy atom. The Hall–Kier alpha value is -1.35. The highest BCUT2D eigenvalue weighted by molar-refractivity contribution is 5.46. The molecule has 0 aliphatic heterocycles. The molecule has 2 rings (SSSR count). The van der Waals surface area contributed by atoms with Crippen molar-refractivity contribution in [3.8, 4) is 0 Å². The van der Waals surface area contributed by atoms with Crippen molar-refractivity contribution in [3.05, 3.63) is 35.9 Å². The van der Waals surface area contributed by atoms with Gasteiger partial charge in [-0.3, -0.25) is 4.79 Å². The maximum Gasteiger partial charge on any atom is 0.209 e. The third-order valence-corrected chi connectivity index (χ3v) is 2.81. The van der Waals surface area contributed by atoms with Gasteiger partial charge in [0.05, 0.1) is 0 Å². The normalized spacial score (nSPS) is 12.4. The Morgan fingerprint density at radius 2 is 1.67 bits per heavy atom. The molecule has 1 fully saturated rings. The second kappa shape index (κ2) is 10.8. The molecule has 2 N–H and O–H groups in total. The van der Waals surface area contributed by atoms with E-state index in [9.17, 15) is 4.79 Å². The van der Waals surface area contributed by atoms with E-state index >= 15 is 0 Å². The number of amides is 1. The average Bonchev–Trinajstić information content (AvgIpc) is 3.29. The first-order valence-electron chi connectivity index (χ1n) is 6.63. The van der Waals surface area contributed by atoms with Crippen LogP contribution in [0, 0.1) is 0 Å². The van der Waals surface area contributed by atoms with E-state index in [-0.39, 0.29) is 0 Å². The molecule has 0 heterocycles. The molecule has 1 aliphatic carbocycles. The minimum absolute atomic E-state index is 0.819. The maximum atomic E-state index is 9.89. The van der Waals surface area contributed by atoms with Crippen LogP contribution in [0.3, 0.4) is 0 Å². The second-order valence-corrected chi connectivity index (χ2v) is 4.01. The third-order valence-electron chi connectivity index (χ3n) is 2.81. The number of carbonyl (C=O) groups excluding carboxylic acids is 1. The van der Waals surface area contributed by atoms with Crippen molar-refractivity contribution in [3.63, 3.8) is 0 Å². The Bertz CT molecular complexity index is 293. The molecule has 0 aromatic heterocycles. The largest absolute Gasteiger partial charge is 0.346 e. The molecular weight excluding hydrogens is 224 g/mol. The predicted molar refractivity (Wildman–Crippen MR) is 77.5 cm³/mol. The van der Waals surface area contributed by atoms with Gasteiger partial charge >= 0.3 is 0 Å². The van der Waals surface area contributed by atoms with Crippen molar-refractivity contribution >= 4 is 6.41 Å². The van der Waals surface area contributed by atoms with E-state index in [1.54, 1.807) is 4.90 Å². The summed E-state index contributed by atoms with van der Waals surface area (Å²) in [5, 5.41) is 0. The van der Waals surface area contributed by atoms with Crippen LogP contribution in [-0.2, 0) is 4.79 Å². The summed E-state index contributed by atoms with van der Waals surface area (Å²) in [7, 11) is 1.50. The molecule has 0 bridgehead atoms. The highest BCUT2D eigenvalue weighted by Crippen LogP contribution is 2.39. The van der Waals surface area contributed by atoms with E-state index < -0.39 is 0 Å². The van der Waals surface area contributed by atoms with Gasteiger partial charge in [0.1, 0.15) is 0 Å². The molecule has 0 radical (unpaired) electrons. The lowest BCUT2D eigenvalue weighted by molar-refractivity contribution is -0.117. The highest BCUT2D eigenvalue weighted by Gasteiger charge is 2.22. The van der Waals surface area contributed by atoms with Crippen molar-refractivity contribution in [1.29, 1.82) is 0 Å². The number of nitrogens with two attached hydrogens (primary N) is 1. The van der Waals surface area contributed by atoms with Crippen LogP contribution in [0.1, 0.15) is 38.2 Å². The molecule has 3 nitrogen and oxygen atoms in total. The lowest BCUT2D eigenvalue weighted by Gasteiger charge is -2.08. The maximum absolute atomic E-state index is 9.89. The molecule has 0 atom stereocenters. The fourth-order valence-corrected chi connectivity index (χ4v) is 1.51. The number of hydrogen-bond acceptors (Lipinski definition) is 2. The van der Waals surface area contributed by atoms with Gasteiger partial charge in [-0.05, 0) is 45.2 Å². The first-order valence-corrected chi connectivity index (χ1v) is 6.63. The van der Waals surface area contributed by atoms with Crippen molar-refractivity contribution in [2.75, 3.05) is 20.1 Å². The summed E-state index contributed by atoms with van der Waals surface area (Å²) >= 11 is 0. The Labute approximate surface area is 111 Å². The summed E-state index contributed by atoms with van der Waals surface area (Å²) in [5.74, 6) is 0.909. The van der Waals surface area contributed by atoms with Crippen LogP contribution < -0.4 is 5.73 Å². The summed E-state index contributed by atoms with van der Waals surface area (Å²) in [6, 6.07) is 10.8. The zero-order chi connectivity index (χ0) is 13.8. The van der Waals surface area contributed by atoms with Crippen LogP contribution in [0.4, 0.5) is 0 Å². The van der Waals surface area contributed by atoms with Gasteiger partial charge in [-0.2, -0.15) is 0 Å². The van der Waals surface area contributed by atoms with Gasteiger partial charge in [0.25, 0.3) is 0 Å². The molecule has 1 aromatic carbocycles. The molecule has 3 heteroatoms. The van der Waals surface area contributed by atoms with Crippen LogP contribution in [0.2, 0.25) is 0 Å². The number of rotatable bonds is 4. The molecular formula is C15H26N2O. The van der Waals surface area contributed by atoms with Gasteiger partial charge in [0.2, 0.25) is 6.41 Å². The molecule has 0 saturated heterocycles. The Balaban J connectivity index is 0.000000292. The molecule has 0 spiro atoms. The molecule has 0 unspecified atom stereocenters. The molecule has 1 saturated carbocycles. The van der Waals surface area contributed by atoms with E-state index in [0.717, 1.165) is 25.4 Å². The molecule has 1 aliphatic rings. The van der Waals surface area contributed by atoms with Gasteiger partial charge in [-0.25, -0.2) is 0 Å². The van der Waals surface area contributed by atoms with Crippen molar-refractivity contribution in [2.45, 2.75) is 32.6 Å². The summed E-state index contributed by atoms with van der Waals surface area (Å²) in [4.78, 5) is 11.6. The topological polar surface area (TPSA) is 46.3 Å². The Kier molecular flexibility index (Phi) is 9.97. The van der Waals surface area contributed by atoms with Crippen molar-refractivity contribution in [2.24, 2.45) is 5.73 Å². The smallest absolute Gasteiger partial charge is 0.209 e. The molecule has 1 amide bonds. The summed E-state index contributed by atoms with van der Waals surface area (Å²) in [6.07, 6.45) is 3.67. The summed E-state index contributed by atoms with van der Waals surface area (Å²) < 4.78 is 0. The van der Waals surface area contributed by atoms with Gasteiger partial charge in [0.15, 0.2) is 0 Å². The van der Waals surface area contributed by atoms with Crippen LogP contribution in [-0.4, -0.2) is 31.4 Å². The lowest BCUT2D eigenvalue weighted by Crippen LogP contribution is -2.19. The van der Waals surface area contributed by atoms with E-state index in [1.165, 1.54) is 25.5 Å². The zero-order valence-corrected chi connectivity index (χ0v) is 11.8. The fourth-order valence-electron chi connectivity index (χ4n) is 1.51. The minimum atomic E-state index is 0.819. The van der Waals surface area contributed by atoms with Crippen LogP contribution in [0.15, 0.2) is 30.3 Å². The standard InChI is InChI=1S/C9H10.C5H11NO.CH5N/c1-2-4-8(5-3-1)9-6-7-9;1-3-6(4-2)5-7;1-2/h1-5,9H,6-7H2;5H,3-4H2,1-2H3;2H2,1H3. The lowest BCUT2D eigenvalue weighted by atomic mass is 10.1. The van der Waals surface area contributed by atoms with E-state index in [1.807, 2.05) is 13.8 Å². The van der Waals surface area contributed by atoms with E-state index in [2.05, 4.69) is 36.1 Å². The second-order valence-electron chi connectivity index (χ2n) is 4.01. The van der Waals surface area contributed by atoms with Crippen molar-refractivity contribution in [1.82, 2.24) is 4.90 Å². The van der Waals surface area contributed by atoms with Crippen LogP contribution in [0.5, 0.6) is 0 Å². The molecule has 102 valence electrons. The minimum Gasteiger partial charge on any atom is -0.346 e.